The van der Waals surface area contributed by atoms with Gasteiger partial charge in [0.15, 0.2) is 5.96 Å². The molecule has 0 bridgehead atoms. The summed E-state index contributed by atoms with van der Waals surface area (Å²) in [5.74, 6) is 1.35. The van der Waals surface area contributed by atoms with Crippen LogP contribution < -0.4 is 15.8 Å². The molecule has 3 N–H and O–H groups in total. The van der Waals surface area contributed by atoms with Crippen molar-refractivity contribution in [3.05, 3.63) is 83.7 Å². The Morgan fingerprint density at radius 3 is 2.79 bits per heavy atom. The van der Waals surface area contributed by atoms with E-state index < -0.39 is 0 Å². The van der Waals surface area contributed by atoms with Gasteiger partial charge in [-0.15, -0.1) is 24.0 Å². The van der Waals surface area contributed by atoms with E-state index in [1.807, 2.05) is 53.5 Å². The maximum absolute atomic E-state index is 6.11. The second-order valence-electron chi connectivity index (χ2n) is 6.61. The third-order valence-electron chi connectivity index (χ3n) is 4.59. The summed E-state index contributed by atoms with van der Waals surface area (Å²) in [5.41, 5.74) is 9.48. The predicted octanol–water partition coefficient (Wildman–Crippen LogP) is 3.48. The van der Waals surface area contributed by atoms with E-state index in [9.17, 15) is 0 Å². The van der Waals surface area contributed by atoms with E-state index in [0.717, 1.165) is 29.8 Å². The molecule has 0 radical (unpaired) electrons. The fraction of sp³-hybridized carbons (Fsp3) is 0.238. The van der Waals surface area contributed by atoms with Gasteiger partial charge in [0.1, 0.15) is 5.75 Å². The summed E-state index contributed by atoms with van der Waals surface area (Å²) in [4.78, 5) is 4.47. The Bertz CT molecular complexity index is 925. The first-order chi connectivity index (χ1) is 13.3. The molecular formula is C21H24IN5O. The molecule has 0 spiro atoms. The van der Waals surface area contributed by atoms with Gasteiger partial charge in [0.25, 0.3) is 0 Å². The molecule has 3 aromatic rings. The molecule has 2 heterocycles. The molecule has 0 fully saturated rings. The Kier molecular flexibility index (Phi) is 6.91. The molecular weight excluding hydrogens is 465 g/mol. The Balaban J connectivity index is 0.00000225. The summed E-state index contributed by atoms with van der Waals surface area (Å²) >= 11 is 0. The third kappa shape index (κ3) is 5.03. The fourth-order valence-corrected chi connectivity index (χ4v) is 3.24. The number of halogens is 1. The van der Waals surface area contributed by atoms with E-state index >= 15 is 0 Å². The minimum absolute atomic E-state index is 0. The van der Waals surface area contributed by atoms with E-state index in [-0.39, 0.29) is 30.0 Å². The first-order valence-electron chi connectivity index (χ1n) is 9.11. The minimum atomic E-state index is 0. The van der Waals surface area contributed by atoms with Crippen LogP contribution in [-0.2, 0) is 13.1 Å². The molecule has 1 aliphatic heterocycles. The number of aliphatic imine (C=N–C) groups is 1. The predicted molar refractivity (Wildman–Crippen MR) is 121 cm³/mol. The van der Waals surface area contributed by atoms with E-state index in [4.69, 9.17) is 10.5 Å². The van der Waals surface area contributed by atoms with Gasteiger partial charge in [-0.05, 0) is 11.6 Å². The van der Waals surface area contributed by atoms with Crippen molar-refractivity contribution in [1.29, 1.82) is 0 Å². The zero-order valence-electron chi connectivity index (χ0n) is 15.5. The molecule has 7 heteroatoms. The van der Waals surface area contributed by atoms with Gasteiger partial charge < -0.3 is 15.8 Å². The molecule has 1 aromatic heterocycles. The molecule has 2 aromatic carbocycles. The highest BCUT2D eigenvalue weighted by atomic mass is 127. The molecule has 4 rings (SSSR count). The Morgan fingerprint density at radius 2 is 1.93 bits per heavy atom. The van der Waals surface area contributed by atoms with Crippen LogP contribution in [0.1, 0.15) is 29.2 Å². The highest BCUT2D eigenvalue weighted by molar-refractivity contribution is 14.0. The van der Waals surface area contributed by atoms with Crippen LogP contribution in [0.3, 0.4) is 0 Å². The molecule has 1 aliphatic rings. The van der Waals surface area contributed by atoms with Crippen LogP contribution in [0.5, 0.6) is 5.75 Å². The molecule has 28 heavy (non-hydrogen) atoms. The Morgan fingerprint density at radius 1 is 1.14 bits per heavy atom. The van der Waals surface area contributed by atoms with E-state index in [1.165, 1.54) is 5.56 Å². The second kappa shape index (κ2) is 9.59. The van der Waals surface area contributed by atoms with Crippen LogP contribution in [-0.4, -0.2) is 22.3 Å². The molecule has 1 unspecified atom stereocenters. The monoisotopic (exact) mass is 489 g/mol. The molecule has 0 amide bonds. The van der Waals surface area contributed by atoms with Crippen LogP contribution in [0.4, 0.5) is 0 Å². The number of benzene rings is 2. The lowest BCUT2D eigenvalue weighted by atomic mass is 10.0. The lowest BCUT2D eigenvalue weighted by Crippen LogP contribution is -2.37. The van der Waals surface area contributed by atoms with Crippen LogP contribution in [0.2, 0.25) is 0 Å². The van der Waals surface area contributed by atoms with Crippen molar-refractivity contribution >= 4 is 29.9 Å². The van der Waals surface area contributed by atoms with Crippen molar-refractivity contribution in [2.24, 2.45) is 10.7 Å². The van der Waals surface area contributed by atoms with Crippen molar-refractivity contribution in [2.75, 3.05) is 6.61 Å². The topological polar surface area (TPSA) is 77.5 Å². The van der Waals surface area contributed by atoms with Gasteiger partial charge in [0.05, 0.1) is 31.9 Å². The summed E-state index contributed by atoms with van der Waals surface area (Å²) in [6, 6.07) is 18.4. The maximum atomic E-state index is 6.11. The number of para-hydroxylation sites is 1. The van der Waals surface area contributed by atoms with E-state index in [2.05, 4.69) is 33.6 Å². The van der Waals surface area contributed by atoms with Gasteiger partial charge in [-0.25, -0.2) is 4.99 Å². The van der Waals surface area contributed by atoms with Gasteiger partial charge >= 0.3 is 0 Å². The van der Waals surface area contributed by atoms with Crippen LogP contribution in [0, 0.1) is 0 Å². The van der Waals surface area contributed by atoms with Crippen molar-refractivity contribution in [1.82, 2.24) is 15.1 Å². The largest absolute Gasteiger partial charge is 0.493 e. The summed E-state index contributed by atoms with van der Waals surface area (Å²) in [6.07, 6.45) is 4.71. The SMILES string of the molecule is I.NC(=NCc1cnn(Cc2ccccc2)c1)NC1CCOc2ccccc21. The lowest BCUT2D eigenvalue weighted by Gasteiger charge is -2.26. The molecule has 0 saturated carbocycles. The van der Waals surface area contributed by atoms with Gasteiger partial charge in [-0.1, -0.05) is 48.5 Å². The number of hydrogen-bond donors (Lipinski definition) is 2. The third-order valence-corrected chi connectivity index (χ3v) is 4.59. The summed E-state index contributed by atoms with van der Waals surface area (Å²) in [7, 11) is 0. The van der Waals surface area contributed by atoms with Gasteiger partial charge in [-0.2, -0.15) is 5.10 Å². The smallest absolute Gasteiger partial charge is 0.189 e. The number of fused-ring (bicyclic) bond motifs is 1. The van der Waals surface area contributed by atoms with Gasteiger partial charge in [0, 0.05) is 23.7 Å². The van der Waals surface area contributed by atoms with E-state index in [0.29, 0.717) is 19.1 Å². The van der Waals surface area contributed by atoms with E-state index in [1.54, 1.807) is 0 Å². The highest BCUT2D eigenvalue weighted by Gasteiger charge is 2.21. The fourth-order valence-electron chi connectivity index (χ4n) is 3.24. The number of aromatic nitrogens is 2. The quantitative estimate of drug-likeness (QED) is 0.327. The first-order valence-corrected chi connectivity index (χ1v) is 9.11. The van der Waals surface area contributed by atoms with Crippen LogP contribution in [0.25, 0.3) is 0 Å². The zero-order valence-corrected chi connectivity index (χ0v) is 17.8. The highest BCUT2D eigenvalue weighted by Crippen LogP contribution is 2.31. The van der Waals surface area contributed by atoms with Crippen LogP contribution >= 0.6 is 24.0 Å². The summed E-state index contributed by atoms with van der Waals surface area (Å²) < 4.78 is 7.60. The number of hydrogen-bond acceptors (Lipinski definition) is 3. The number of ether oxygens (including phenoxy) is 1. The zero-order chi connectivity index (χ0) is 18.5. The number of nitrogens with zero attached hydrogens (tertiary/aromatic N) is 3. The van der Waals surface area contributed by atoms with Crippen molar-refractivity contribution in [3.63, 3.8) is 0 Å². The lowest BCUT2D eigenvalue weighted by molar-refractivity contribution is 0.262. The second-order valence-corrected chi connectivity index (χ2v) is 6.61. The number of rotatable bonds is 5. The van der Waals surface area contributed by atoms with Crippen molar-refractivity contribution < 1.29 is 4.74 Å². The van der Waals surface area contributed by atoms with Gasteiger partial charge in [0.2, 0.25) is 0 Å². The van der Waals surface area contributed by atoms with Crippen LogP contribution in [0.15, 0.2) is 72.0 Å². The summed E-state index contributed by atoms with van der Waals surface area (Å²) in [5, 5.41) is 7.72. The average molecular weight is 489 g/mol. The number of guanidine groups is 1. The number of nitrogens with one attached hydrogen (secondary N) is 1. The standard InChI is InChI=1S/C21H23N5O.HI/c22-21(25-19-10-11-27-20-9-5-4-8-18(19)20)23-12-17-13-24-26(15-17)14-16-6-2-1-3-7-16;/h1-9,13,15,19H,10-12,14H2,(H3,22,23,25);1H. The maximum Gasteiger partial charge on any atom is 0.189 e. The first kappa shape index (κ1) is 20.2. The minimum Gasteiger partial charge on any atom is -0.493 e. The Labute approximate surface area is 181 Å². The molecule has 146 valence electrons. The number of nitrogens with two attached hydrogens (primary N) is 1. The van der Waals surface area contributed by atoms with Gasteiger partial charge in [-0.3, -0.25) is 4.68 Å². The molecule has 0 saturated heterocycles. The molecule has 0 aliphatic carbocycles. The van der Waals surface area contributed by atoms with Crippen molar-refractivity contribution in [3.8, 4) is 5.75 Å². The molecule has 1 atom stereocenters. The Hall–Kier alpha value is -2.55. The molecule has 6 nitrogen and oxygen atoms in total. The normalized spacial score (nSPS) is 15.9. The summed E-state index contributed by atoms with van der Waals surface area (Å²) in [6.45, 7) is 1.92. The van der Waals surface area contributed by atoms with Crippen molar-refractivity contribution in [2.45, 2.75) is 25.6 Å². The average Bonchev–Trinajstić information content (AvgIpc) is 3.15.